The standard InChI is InChI=1S/C17H36N2O2Si/c1-6-7-8-9-13-22(4,5)19-12-10-11-18(15-19)14-16(2)17(20)21-3/h16H,6-15H2,1-5H3. The van der Waals surface area contributed by atoms with Crippen LogP contribution in [0.2, 0.25) is 19.1 Å². The number of carbonyl (C=O) groups is 1. The molecule has 1 atom stereocenters. The van der Waals surface area contributed by atoms with Gasteiger partial charge in [-0.2, -0.15) is 0 Å². The lowest BCUT2D eigenvalue weighted by Crippen LogP contribution is -2.57. The number of unbranched alkanes of at least 4 members (excludes halogenated alkanes) is 3. The van der Waals surface area contributed by atoms with E-state index >= 15 is 0 Å². The maximum Gasteiger partial charge on any atom is 0.309 e. The third kappa shape index (κ3) is 6.38. The lowest BCUT2D eigenvalue weighted by molar-refractivity contribution is -0.145. The lowest BCUT2D eigenvalue weighted by Gasteiger charge is -2.44. The van der Waals surface area contributed by atoms with Gasteiger partial charge < -0.3 is 9.30 Å². The number of ether oxygens (including phenoxy) is 1. The summed E-state index contributed by atoms with van der Waals surface area (Å²) in [5, 5.41) is 0. The first kappa shape index (κ1) is 19.7. The van der Waals surface area contributed by atoms with Gasteiger partial charge in [-0.15, -0.1) is 0 Å². The van der Waals surface area contributed by atoms with Crippen molar-refractivity contribution in [3.63, 3.8) is 0 Å². The van der Waals surface area contributed by atoms with Gasteiger partial charge in [-0.3, -0.25) is 9.69 Å². The van der Waals surface area contributed by atoms with Gasteiger partial charge in [-0.1, -0.05) is 52.6 Å². The molecule has 1 rings (SSSR count). The van der Waals surface area contributed by atoms with E-state index in [1.807, 2.05) is 6.92 Å². The van der Waals surface area contributed by atoms with Crippen LogP contribution in [0.1, 0.15) is 46.0 Å². The second-order valence-electron chi connectivity index (χ2n) is 7.38. The van der Waals surface area contributed by atoms with Crippen molar-refractivity contribution >= 4 is 14.2 Å². The van der Waals surface area contributed by atoms with Crippen LogP contribution in [0.3, 0.4) is 0 Å². The van der Waals surface area contributed by atoms with E-state index in [0.717, 1.165) is 19.8 Å². The van der Waals surface area contributed by atoms with Crippen molar-refractivity contribution in [2.24, 2.45) is 5.92 Å². The molecule has 22 heavy (non-hydrogen) atoms. The van der Waals surface area contributed by atoms with E-state index in [1.54, 1.807) is 0 Å². The number of hydrogen-bond donors (Lipinski definition) is 0. The minimum atomic E-state index is -1.31. The highest BCUT2D eigenvalue weighted by Gasteiger charge is 2.32. The molecular weight excluding hydrogens is 292 g/mol. The molecule has 1 saturated heterocycles. The molecule has 1 fully saturated rings. The zero-order valence-corrected chi connectivity index (χ0v) is 16.4. The first-order chi connectivity index (χ1) is 10.4. The Kier molecular flexibility index (Phi) is 8.65. The minimum Gasteiger partial charge on any atom is -0.469 e. The average Bonchev–Trinajstić information content (AvgIpc) is 2.51. The Hall–Kier alpha value is -0.393. The Balaban J connectivity index is 2.45. The number of nitrogens with zero attached hydrogens (tertiary/aromatic N) is 2. The third-order valence-corrected chi connectivity index (χ3v) is 8.56. The molecule has 0 aromatic rings. The number of carbonyl (C=O) groups excluding carboxylic acids is 1. The van der Waals surface area contributed by atoms with Crippen LogP contribution in [-0.4, -0.2) is 57.1 Å². The predicted molar refractivity (Wildman–Crippen MR) is 95.4 cm³/mol. The number of esters is 1. The van der Waals surface area contributed by atoms with Crippen LogP contribution >= 0.6 is 0 Å². The maximum absolute atomic E-state index is 11.6. The fraction of sp³-hybridized carbons (Fsp3) is 0.941. The Morgan fingerprint density at radius 3 is 2.59 bits per heavy atom. The van der Waals surface area contributed by atoms with Gasteiger partial charge in [-0.05, 0) is 19.0 Å². The van der Waals surface area contributed by atoms with Crippen molar-refractivity contribution < 1.29 is 9.53 Å². The van der Waals surface area contributed by atoms with Crippen LogP contribution in [0.25, 0.3) is 0 Å². The molecule has 130 valence electrons. The summed E-state index contributed by atoms with van der Waals surface area (Å²) >= 11 is 0. The molecule has 1 heterocycles. The molecule has 1 unspecified atom stereocenters. The first-order valence-electron chi connectivity index (χ1n) is 8.96. The van der Waals surface area contributed by atoms with Gasteiger partial charge in [0.1, 0.15) is 8.24 Å². The van der Waals surface area contributed by atoms with Crippen molar-refractivity contribution in [3.05, 3.63) is 0 Å². The Labute approximate surface area is 138 Å². The van der Waals surface area contributed by atoms with Crippen LogP contribution in [0.15, 0.2) is 0 Å². The molecule has 1 aliphatic heterocycles. The van der Waals surface area contributed by atoms with Gasteiger partial charge in [0, 0.05) is 19.8 Å². The highest BCUT2D eigenvalue weighted by molar-refractivity contribution is 6.74. The Morgan fingerprint density at radius 1 is 1.23 bits per heavy atom. The van der Waals surface area contributed by atoms with Gasteiger partial charge >= 0.3 is 5.97 Å². The summed E-state index contributed by atoms with van der Waals surface area (Å²) < 4.78 is 7.58. The van der Waals surface area contributed by atoms with E-state index in [9.17, 15) is 4.79 Å². The molecule has 0 spiro atoms. The molecule has 0 aromatic heterocycles. The highest BCUT2D eigenvalue weighted by atomic mass is 28.3. The molecule has 4 nitrogen and oxygen atoms in total. The van der Waals surface area contributed by atoms with Crippen molar-refractivity contribution in [3.8, 4) is 0 Å². The van der Waals surface area contributed by atoms with E-state index in [-0.39, 0.29) is 11.9 Å². The molecular formula is C17H36N2O2Si. The van der Waals surface area contributed by atoms with Crippen molar-refractivity contribution in [2.45, 2.75) is 65.1 Å². The summed E-state index contributed by atoms with van der Waals surface area (Å²) in [7, 11) is 0.175. The molecule has 0 bridgehead atoms. The van der Waals surface area contributed by atoms with Gasteiger partial charge in [0.15, 0.2) is 0 Å². The minimum absolute atomic E-state index is 0.0284. The molecule has 0 saturated carbocycles. The van der Waals surface area contributed by atoms with E-state index < -0.39 is 8.24 Å². The van der Waals surface area contributed by atoms with E-state index in [1.165, 1.54) is 51.8 Å². The largest absolute Gasteiger partial charge is 0.469 e. The first-order valence-corrected chi connectivity index (χ1v) is 12.1. The molecule has 1 aliphatic rings. The van der Waals surface area contributed by atoms with Crippen LogP contribution in [0.5, 0.6) is 0 Å². The summed E-state index contributed by atoms with van der Waals surface area (Å²) in [5.41, 5.74) is 0. The van der Waals surface area contributed by atoms with Crippen molar-refractivity contribution in [2.75, 3.05) is 33.4 Å². The smallest absolute Gasteiger partial charge is 0.309 e. The quantitative estimate of drug-likeness (QED) is 0.368. The monoisotopic (exact) mass is 328 g/mol. The molecule has 0 aliphatic carbocycles. The fourth-order valence-corrected chi connectivity index (χ4v) is 6.09. The Morgan fingerprint density at radius 2 is 1.95 bits per heavy atom. The zero-order chi connectivity index (χ0) is 16.6. The van der Waals surface area contributed by atoms with Gasteiger partial charge in [0.25, 0.3) is 0 Å². The molecule has 0 N–H and O–H groups in total. The summed E-state index contributed by atoms with van der Waals surface area (Å²) in [4.78, 5) is 14.0. The SMILES string of the molecule is CCCCCC[Si](C)(C)N1CCCN(CC(C)C(=O)OC)C1. The topological polar surface area (TPSA) is 32.8 Å². The zero-order valence-electron chi connectivity index (χ0n) is 15.4. The number of methoxy groups -OCH3 is 1. The van der Waals surface area contributed by atoms with Crippen molar-refractivity contribution in [1.82, 2.24) is 9.47 Å². The molecule has 0 amide bonds. The summed E-state index contributed by atoms with van der Waals surface area (Å²) in [6.07, 6.45) is 6.66. The van der Waals surface area contributed by atoms with Crippen LogP contribution in [0, 0.1) is 5.92 Å². The molecule has 0 radical (unpaired) electrons. The van der Waals surface area contributed by atoms with Crippen molar-refractivity contribution in [1.29, 1.82) is 0 Å². The summed E-state index contributed by atoms with van der Waals surface area (Å²) in [5.74, 6) is -0.118. The van der Waals surface area contributed by atoms with Crippen LogP contribution in [0.4, 0.5) is 0 Å². The van der Waals surface area contributed by atoms with E-state index in [4.69, 9.17) is 4.74 Å². The second kappa shape index (κ2) is 9.68. The normalized spacial score (nSPS) is 19.1. The lowest BCUT2D eigenvalue weighted by atomic mass is 10.1. The number of hydrogen-bond acceptors (Lipinski definition) is 4. The summed E-state index contributed by atoms with van der Waals surface area (Å²) in [6.45, 7) is 13.5. The average molecular weight is 329 g/mol. The summed E-state index contributed by atoms with van der Waals surface area (Å²) in [6, 6.07) is 1.40. The highest BCUT2D eigenvalue weighted by Crippen LogP contribution is 2.23. The maximum atomic E-state index is 11.6. The predicted octanol–water partition coefficient (Wildman–Crippen LogP) is 3.55. The van der Waals surface area contributed by atoms with Gasteiger partial charge in [0.05, 0.1) is 13.0 Å². The number of rotatable bonds is 9. The van der Waals surface area contributed by atoms with Crippen LogP contribution in [-0.2, 0) is 9.53 Å². The second-order valence-corrected chi connectivity index (χ2v) is 12.1. The van der Waals surface area contributed by atoms with Gasteiger partial charge in [0.2, 0.25) is 0 Å². The van der Waals surface area contributed by atoms with Gasteiger partial charge in [-0.25, -0.2) is 0 Å². The molecule has 5 heteroatoms. The molecule has 0 aromatic carbocycles. The van der Waals surface area contributed by atoms with E-state index in [0.29, 0.717) is 0 Å². The Bertz CT molecular complexity index is 337. The fourth-order valence-electron chi connectivity index (χ4n) is 3.32. The third-order valence-electron chi connectivity index (χ3n) is 4.91. The van der Waals surface area contributed by atoms with Crippen LogP contribution < -0.4 is 0 Å². The van der Waals surface area contributed by atoms with E-state index in [2.05, 4.69) is 29.5 Å².